The highest BCUT2D eigenvalue weighted by Gasteiger charge is 2.33. The maximum absolute atomic E-state index is 10.6. The zero-order chi connectivity index (χ0) is 15.0. The predicted molar refractivity (Wildman–Crippen MR) is 86.3 cm³/mol. The molecule has 1 aliphatic carbocycles. The van der Waals surface area contributed by atoms with Gasteiger partial charge >= 0.3 is 0 Å². The maximum Gasteiger partial charge on any atom is 0.109 e. The molecule has 0 spiro atoms. The first-order valence-corrected chi connectivity index (χ1v) is 8.25. The number of nitrogens with zero attached hydrogens (tertiary/aromatic N) is 2. The van der Waals surface area contributed by atoms with Crippen LogP contribution in [0.5, 0.6) is 0 Å². The van der Waals surface area contributed by atoms with Gasteiger partial charge in [0.2, 0.25) is 0 Å². The minimum absolute atomic E-state index is 0.175. The van der Waals surface area contributed by atoms with Crippen LogP contribution in [0.15, 0.2) is 24.3 Å². The normalized spacial score (nSPS) is 26.6. The van der Waals surface area contributed by atoms with Crippen LogP contribution in [0, 0.1) is 11.8 Å². The summed E-state index contributed by atoms with van der Waals surface area (Å²) in [4.78, 5) is 4.76. The van der Waals surface area contributed by atoms with Crippen LogP contribution in [0.1, 0.15) is 51.9 Å². The third-order valence-corrected chi connectivity index (χ3v) is 5.08. The summed E-state index contributed by atoms with van der Waals surface area (Å²) < 4.78 is 2.31. The Morgan fingerprint density at radius 3 is 2.76 bits per heavy atom. The van der Waals surface area contributed by atoms with E-state index in [1.165, 1.54) is 5.52 Å². The van der Waals surface area contributed by atoms with E-state index in [2.05, 4.69) is 43.5 Å². The Labute approximate surface area is 127 Å². The van der Waals surface area contributed by atoms with Crippen LogP contribution in [-0.4, -0.2) is 20.8 Å². The second kappa shape index (κ2) is 5.80. The molecule has 0 saturated heterocycles. The Morgan fingerprint density at radius 1 is 1.29 bits per heavy atom. The average Bonchev–Trinajstić information content (AvgIpc) is 2.86. The fourth-order valence-corrected chi connectivity index (χ4v) is 3.76. The van der Waals surface area contributed by atoms with E-state index in [4.69, 9.17) is 4.98 Å². The molecule has 0 aliphatic heterocycles. The third-order valence-electron chi connectivity index (χ3n) is 5.08. The van der Waals surface area contributed by atoms with Gasteiger partial charge < -0.3 is 9.67 Å². The fraction of sp³-hybridized carbons (Fsp3) is 0.611. The third kappa shape index (κ3) is 2.59. The second-order valence-electron chi connectivity index (χ2n) is 6.69. The molecule has 3 unspecified atom stereocenters. The molecule has 3 nitrogen and oxygen atoms in total. The van der Waals surface area contributed by atoms with Crippen molar-refractivity contribution in [3.63, 3.8) is 0 Å². The second-order valence-corrected chi connectivity index (χ2v) is 6.69. The fourth-order valence-electron chi connectivity index (χ4n) is 3.76. The molecular weight excluding hydrogens is 260 g/mol. The summed E-state index contributed by atoms with van der Waals surface area (Å²) in [6, 6.07) is 8.48. The maximum atomic E-state index is 10.6. The Morgan fingerprint density at radius 2 is 2.05 bits per heavy atom. The lowest BCUT2D eigenvalue weighted by atomic mass is 9.77. The van der Waals surface area contributed by atoms with Crippen molar-refractivity contribution in [3.8, 4) is 0 Å². The summed E-state index contributed by atoms with van der Waals surface area (Å²) in [5.41, 5.74) is 2.22. The van der Waals surface area contributed by atoms with Crippen LogP contribution in [0.2, 0.25) is 0 Å². The molecule has 114 valence electrons. The van der Waals surface area contributed by atoms with Gasteiger partial charge in [-0.25, -0.2) is 4.98 Å². The molecule has 0 amide bonds. The summed E-state index contributed by atoms with van der Waals surface area (Å²) in [6.45, 7) is 6.74. The molecule has 1 aromatic carbocycles. The van der Waals surface area contributed by atoms with Crippen molar-refractivity contribution in [3.05, 3.63) is 30.1 Å². The monoisotopic (exact) mass is 286 g/mol. The van der Waals surface area contributed by atoms with Crippen molar-refractivity contribution in [1.82, 2.24) is 9.55 Å². The first-order chi connectivity index (χ1) is 10.1. The number of rotatable bonds is 3. The number of aliphatic hydroxyl groups is 1. The van der Waals surface area contributed by atoms with Crippen LogP contribution in [0.4, 0.5) is 0 Å². The summed E-state index contributed by atoms with van der Waals surface area (Å²) in [5.74, 6) is 2.48. The lowest BCUT2D eigenvalue weighted by Gasteiger charge is -2.37. The number of hydrogen-bond acceptors (Lipinski definition) is 2. The number of hydrogen-bond donors (Lipinski definition) is 1. The van der Waals surface area contributed by atoms with Gasteiger partial charge in [-0.2, -0.15) is 0 Å². The molecule has 21 heavy (non-hydrogen) atoms. The zero-order valence-electron chi connectivity index (χ0n) is 13.3. The van der Waals surface area contributed by atoms with Crippen molar-refractivity contribution in [2.24, 2.45) is 11.8 Å². The number of aromatic nitrogens is 2. The summed E-state index contributed by atoms with van der Waals surface area (Å²) in [6.07, 6.45) is 3.77. The molecule has 3 heteroatoms. The Hall–Kier alpha value is -1.35. The molecule has 3 atom stereocenters. The zero-order valence-corrected chi connectivity index (χ0v) is 13.3. The summed E-state index contributed by atoms with van der Waals surface area (Å²) >= 11 is 0. The minimum atomic E-state index is -0.247. The van der Waals surface area contributed by atoms with Crippen molar-refractivity contribution in [2.75, 3.05) is 0 Å². The minimum Gasteiger partial charge on any atom is -0.391 e. The number of fused-ring (bicyclic) bond motifs is 1. The van der Waals surface area contributed by atoms with Gasteiger partial charge in [-0.15, -0.1) is 0 Å². The number of imidazole rings is 1. The van der Waals surface area contributed by atoms with Gasteiger partial charge in [0.1, 0.15) is 5.82 Å². The molecule has 1 saturated carbocycles. The van der Waals surface area contributed by atoms with Gasteiger partial charge in [0, 0.05) is 6.42 Å². The van der Waals surface area contributed by atoms with E-state index >= 15 is 0 Å². The Kier molecular flexibility index (Phi) is 4.03. The highest BCUT2D eigenvalue weighted by molar-refractivity contribution is 5.76. The number of benzene rings is 1. The molecule has 0 radical (unpaired) electrons. The van der Waals surface area contributed by atoms with Crippen molar-refractivity contribution in [2.45, 2.75) is 58.6 Å². The average molecular weight is 286 g/mol. The van der Waals surface area contributed by atoms with Crippen molar-refractivity contribution >= 4 is 11.0 Å². The van der Waals surface area contributed by atoms with E-state index in [0.29, 0.717) is 11.8 Å². The standard InChI is InChI=1S/C18H26N2O/c1-4-18-19-14-7-5-6-8-15(14)20(18)16-11-13(12(2)3)9-10-17(16)21/h5-8,12-13,16-17,21H,4,9-11H2,1-3H3. The van der Waals surface area contributed by atoms with Crippen LogP contribution >= 0.6 is 0 Å². The molecule has 1 fully saturated rings. The van der Waals surface area contributed by atoms with E-state index in [-0.39, 0.29) is 12.1 Å². The first kappa shape index (κ1) is 14.6. The predicted octanol–water partition coefficient (Wildman–Crippen LogP) is 3.96. The van der Waals surface area contributed by atoms with E-state index in [1.54, 1.807) is 0 Å². The van der Waals surface area contributed by atoms with Crippen LogP contribution < -0.4 is 0 Å². The van der Waals surface area contributed by atoms with Crippen molar-refractivity contribution in [1.29, 1.82) is 0 Å². The highest BCUT2D eigenvalue weighted by atomic mass is 16.3. The van der Waals surface area contributed by atoms with Gasteiger partial charge in [0.25, 0.3) is 0 Å². The topological polar surface area (TPSA) is 38.0 Å². The van der Waals surface area contributed by atoms with Crippen molar-refractivity contribution < 1.29 is 5.11 Å². The van der Waals surface area contributed by atoms with E-state index < -0.39 is 0 Å². The van der Waals surface area contributed by atoms with Gasteiger partial charge in [-0.05, 0) is 43.2 Å². The van der Waals surface area contributed by atoms with Gasteiger partial charge in [0.05, 0.1) is 23.2 Å². The molecular formula is C18H26N2O. The number of aryl methyl sites for hydroxylation is 1. The summed E-state index contributed by atoms with van der Waals surface area (Å²) in [5, 5.41) is 10.6. The molecule has 1 aromatic heterocycles. The highest BCUT2D eigenvalue weighted by Crippen LogP contribution is 2.38. The van der Waals surface area contributed by atoms with Crippen LogP contribution in [0.3, 0.4) is 0 Å². The SMILES string of the molecule is CCc1nc2ccccc2n1C1CC(C(C)C)CCC1O. The van der Waals surface area contributed by atoms with Gasteiger partial charge in [0.15, 0.2) is 0 Å². The van der Waals surface area contributed by atoms with Gasteiger partial charge in [-0.1, -0.05) is 32.9 Å². The lowest BCUT2D eigenvalue weighted by Crippen LogP contribution is -2.34. The lowest BCUT2D eigenvalue weighted by molar-refractivity contribution is 0.0443. The molecule has 0 bridgehead atoms. The number of aliphatic hydroxyl groups excluding tert-OH is 1. The molecule has 2 aromatic rings. The number of para-hydroxylation sites is 2. The largest absolute Gasteiger partial charge is 0.391 e. The van der Waals surface area contributed by atoms with Crippen LogP contribution in [-0.2, 0) is 6.42 Å². The van der Waals surface area contributed by atoms with Crippen LogP contribution in [0.25, 0.3) is 11.0 Å². The quantitative estimate of drug-likeness (QED) is 0.927. The van der Waals surface area contributed by atoms with E-state index in [1.807, 2.05) is 6.07 Å². The Balaban J connectivity index is 2.05. The molecule has 3 rings (SSSR count). The molecule has 1 heterocycles. The smallest absolute Gasteiger partial charge is 0.109 e. The van der Waals surface area contributed by atoms with Gasteiger partial charge in [-0.3, -0.25) is 0 Å². The Bertz CT molecular complexity index is 617. The molecule has 1 aliphatic rings. The summed E-state index contributed by atoms with van der Waals surface area (Å²) in [7, 11) is 0. The first-order valence-electron chi connectivity index (χ1n) is 8.25. The van der Waals surface area contributed by atoms with E-state index in [0.717, 1.165) is 37.0 Å². The van der Waals surface area contributed by atoms with E-state index in [9.17, 15) is 5.11 Å². The molecule has 1 N–H and O–H groups in total.